The molecule has 31 heavy (non-hydrogen) atoms. The van der Waals surface area contributed by atoms with Gasteiger partial charge in [-0.05, 0) is 62.0 Å². The molecule has 2 saturated carbocycles. The average molecular weight is 504 g/mol. The summed E-state index contributed by atoms with van der Waals surface area (Å²) in [5, 5.41) is 2.54. The Kier molecular flexibility index (Phi) is 11.4. The van der Waals surface area contributed by atoms with E-state index in [4.69, 9.17) is 11.8 Å². The van der Waals surface area contributed by atoms with E-state index >= 15 is 0 Å². The van der Waals surface area contributed by atoms with Crippen LogP contribution in [0.5, 0.6) is 0 Å². The minimum absolute atomic E-state index is 0. The van der Waals surface area contributed by atoms with Crippen LogP contribution in [0, 0.1) is 62.9 Å². The van der Waals surface area contributed by atoms with Crippen molar-refractivity contribution in [2.45, 2.75) is 25.5 Å². The van der Waals surface area contributed by atoms with Crippen LogP contribution in [0.25, 0.3) is 0 Å². The predicted octanol–water partition coefficient (Wildman–Crippen LogP) is 6.40. The van der Waals surface area contributed by atoms with Crippen molar-refractivity contribution >= 4 is 40.2 Å². The van der Waals surface area contributed by atoms with Gasteiger partial charge in [0.1, 0.15) is 0 Å². The van der Waals surface area contributed by atoms with Gasteiger partial charge in [-0.3, -0.25) is 0 Å². The number of hydrogen-bond donors (Lipinski definition) is 0. The fraction of sp³-hybridized carbons (Fsp3) is 0.185. The van der Waals surface area contributed by atoms with Gasteiger partial charge in [0.05, 0.1) is 0 Å². The van der Waals surface area contributed by atoms with Crippen LogP contribution in [0.3, 0.4) is 0 Å². The Morgan fingerprint density at radius 3 is 1.58 bits per heavy atom. The van der Waals surface area contributed by atoms with Crippen LogP contribution in [0.15, 0.2) is 60.7 Å². The van der Waals surface area contributed by atoms with Gasteiger partial charge in [-0.25, -0.2) is 0 Å². The first-order valence-electron chi connectivity index (χ1n) is 10.2. The van der Waals surface area contributed by atoms with Crippen LogP contribution in [0.4, 0.5) is 0 Å². The molecule has 160 valence electrons. The molecule has 0 bridgehead atoms. The molecule has 2 aromatic rings. The molecule has 0 aromatic heterocycles. The van der Waals surface area contributed by atoms with Crippen LogP contribution in [0.2, 0.25) is 0 Å². The zero-order valence-electron chi connectivity index (χ0n) is 18.2. The number of rotatable bonds is 5. The van der Waals surface area contributed by atoms with Gasteiger partial charge in [-0.15, -0.1) is 0 Å². The second kappa shape index (κ2) is 13.0. The van der Waals surface area contributed by atoms with Crippen molar-refractivity contribution in [1.29, 1.82) is 0 Å². The summed E-state index contributed by atoms with van der Waals surface area (Å²) in [5.74, 6) is 2.39. The van der Waals surface area contributed by atoms with Gasteiger partial charge >= 0.3 is 17.1 Å². The molecule has 0 unspecified atom stereocenters. The van der Waals surface area contributed by atoms with Crippen molar-refractivity contribution < 1.29 is 17.1 Å². The van der Waals surface area contributed by atoms with Gasteiger partial charge in [-0.2, -0.15) is 11.8 Å². The Balaban J connectivity index is 0.000000501. The van der Waals surface area contributed by atoms with E-state index in [1.807, 2.05) is 43.9 Å². The fourth-order valence-electron chi connectivity index (χ4n) is 3.20. The van der Waals surface area contributed by atoms with Crippen molar-refractivity contribution in [3.05, 3.63) is 124 Å². The molecular formula is C27H29FePS2+2. The molecule has 2 aliphatic rings. The zero-order valence-corrected chi connectivity index (χ0v) is 21.8. The Hall–Kier alpha value is -0.0405. The maximum absolute atomic E-state index is 6.45. The molecule has 4 rings (SSSR count). The molecule has 0 spiro atoms. The van der Waals surface area contributed by atoms with Crippen molar-refractivity contribution in [3.63, 3.8) is 0 Å². The summed E-state index contributed by atoms with van der Waals surface area (Å²) in [7, 11) is 0. The van der Waals surface area contributed by atoms with E-state index in [0.717, 1.165) is 5.75 Å². The quantitative estimate of drug-likeness (QED) is 0.342. The molecule has 2 aromatic carbocycles. The second-order valence-electron chi connectivity index (χ2n) is 8.08. The SMILES string of the molecule is CC(C)(C)SC[C]1[CH][CH][CH][C]1P(=S)(c1ccccc1)c1ccccc1.[CH]1[CH][CH][CH][CH]1.[Fe+2]. The standard InChI is InChI=1S/C22H24PS2.C5H5.Fe/c1-22(2,3)25-17-18-11-10-16-21(18)23(24,19-12-6-4-7-13-19)20-14-8-5-9-15-20;1-2-4-5-3-1;/h4-16H,17H2,1-3H3;1-5H;/q;;+2. The molecule has 2 fully saturated rings. The Morgan fingerprint density at radius 1 is 0.710 bits per heavy atom. The normalized spacial score (nSPS) is 17.6. The Morgan fingerprint density at radius 2 is 1.16 bits per heavy atom. The summed E-state index contributed by atoms with van der Waals surface area (Å²) in [6, 6.07) is 19.3. The van der Waals surface area contributed by atoms with E-state index in [-0.39, 0.29) is 21.8 Å². The van der Waals surface area contributed by atoms with Crippen LogP contribution in [-0.2, 0) is 28.9 Å². The van der Waals surface area contributed by atoms with Gasteiger partial charge in [0.2, 0.25) is 0 Å². The third kappa shape index (κ3) is 7.75. The Labute approximate surface area is 211 Å². The van der Waals surface area contributed by atoms with Gasteiger partial charge in [0.25, 0.3) is 0 Å². The summed E-state index contributed by atoms with van der Waals surface area (Å²) in [5.41, 5.74) is 1.34. The molecule has 0 N–H and O–H groups in total. The molecule has 10 radical (unpaired) electrons. The maximum atomic E-state index is 6.45. The molecule has 4 heteroatoms. The van der Waals surface area contributed by atoms with Crippen LogP contribution in [-0.4, -0.2) is 10.5 Å². The van der Waals surface area contributed by atoms with E-state index in [1.54, 1.807) is 0 Å². The summed E-state index contributed by atoms with van der Waals surface area (Å²) in [6.45, 7) is 6.81. The van der Waals surface area contributed by atoms with Crippen molar-refractivity contribution in [2.24, 2.45) is 0 Å². The van der Waals surface area contributed by atoms with Gasteiger partial charge in [-0.1, -0.05) is 93.2 Å². The van der Waals surface area contributed by atoms with E-state index in [0.29, 0.717) is 0 Å². The summed E-state index contributed by atoms with van der Waals surface area (Å²) >= 11 is 8.44. The molecule has 0 saturated heterocycles. The minimum atomic E-state index is -2.03. The van der Waals surface area contributed by atoms with Crippen LogP contribution in [0.1, 0.15) is 20.8 Å². The third-order valence-corrected chi connectivity index (χ3v) is 11.0. The van der Waals surface area contributed by atoms with Crippen molar-refractivity contribution in [3.8, 4) is 0 Å². The van der Waals surface area contributed by atoms with Gasteiger partial charge in [0.15, 0.2) is 0 Å². The van der Waals surface area contributed by atoms with E-state index in [2.05, 4.69) is 101 Å². The monoisotopic (exact) mass is 504 g/mol. The first-order valence-corrected chi connectivity index (χ1v) is 14.0. The first kappa shape index (κ1) is 27.2. The summed E-state index contributed by atoms with van der Waals surface area (Å²) in [6.07, 6.45) is 16.7. The van der Waals surface area contributed by atoms with Crippen LogP contribution < -0.4 is 10.6 Å². The largest absolute Gasteiger partial charge is 2.00 e. The number of hydrogen-bond acceptors (Lipinski definition) is 2. The zero-order chi connectivity index (χ0) is 21.5. The predicted molar refractivity (Wildman–Crippen MR) is 140 cm³/mol. The topological polar surface area (TPSA) is 0 Å². The minimum Gasteiger partial charge on any atom is -0.155 e. The van der Waals surface area contributed by atoms with Crippen molar-refractivity contribution in [2.75, 3.05) is 5.75 Å². The van der Waals surface area contributed by atoms with E-state index < -0.39 is 6.04 Å². The average Bonchev–Trinajstić information content (AvgIpc) is 3.47. The van der Waals surface area contributed by atoms with Gasteiger partial charge < -0.3 is 0 Å². The molecule has 0 aliphatic heterocycles. The number of benzene rings is 2. The van der Waals surface area contributed by atoms with Crippen molar-refractivity contribution in [1.82, 2.24) is 0 Å². The molecule has 0 nitrogen and oxygen atoms in total. The van der Waals surface area contributed by atoms with Gasteiger partial charge in [0, 0.05) is 28.1 Å². The van der Waals surface area contributed by atoms with E-state index in [9.17, 15) is 0 Å². The third-order valence-electron chi connectivity index (χ3n) is 4.68. The fourth-order valence-corrected chi connectivity index (χ4v) is 8.30. The second-order valence-corrected chi connectivity index (χ2v) is 14.3. The maximum Gasteiger partial charge on any atom is 2.00 e. The Bertz CT molecular complexity index is 746. The van der Waals surface area contributed by atoms with Crippen LogP contribution >= 0.6 is 17.8 Å². The summed E-state index contributed by atoms with van der Waals surface area (Å²) in [4.78, 5) is 0. The first-order chi connectivity index (χ1) is 14.4. The molecule has 2 aliphatic carbocycles. The molecular weight excluding hydrogens is 475 g/mol. The number of thioether (sulfide) groups is 1. The smallest absolute Gasteiger partial charge is 0.155 e. The summed E-state index contributed by atoms with van der Waals surface area (Å²) < 4.78 is 0.247. The van der Waals surface area contributed by atoms with E-state index in [1.165, 1.54) is 22.2 Å². The molecule has 0 heterocycles. The molecule has 0 amide bonds. The molecule has 0 atom stereocenters.